The number of hydrogen-bond acceptors (Lipinski definition) is 3. The second-order valence-corrected chi connectivity index (χ2v) is 6.24. The molecule has 0 saturated carbocycles. The third-order valence-electron chi connectivity index (χ3n) is 3.47. The normalized spacial score (nSPS) is 18.8. The number of thioether (sulfide) groups is 1. The van der Waals surface area contributed by atoms with Crippen molar-refractivity contribution in [3.8, 4) is 0 Å². The second-order valence-electron chi connectivity index (χ2n) is 4.61. The topological polar surface area (TPSA) is 15.3 Å². The molecular formula is C14H21ClN2S. The summed E-state index contributed by atoms with van der Waals surface area (Å²) in [7, 11) is 2.01. The summed E-state index contributed by atoms with van der Waals surface area (Å²) in [5.74, 6) is 2.55. The van der Waals surface area contributed by atoms with E-state index in [1.807, 2.05) is 19.2 Å². The summed E-state index contributed by atoms with van der Waals surface area (Å²) in [4.78, 5) is 2.55. The highest BCUT2D eigenvalue weighted by atomic mass is 35.5. The number of hydrogen-bond donors (Lipinski definition) is 1. The molecule has 0 aliphatic carbocycles. The van der Waals surface area contributed by atoms with Crippen LogP contribution in [0, 0.1) is 0 Å². The number of nitrogens with one attached hydrogen (secondary N) is 1. The predicted molar refractivity (Wildman–Crippen MR) is 81.6 cm³/mol. The van der Waals surface area contributed by atoms with E-state index >= 15 is 0 Å². The molecule has 4 heteroatoms. The van der Waals surface area contributed by atoms with Crippen LogP contribution in [0.5, 0.6) is 0 Å². The Balaban J connectivity index is 1.91. The van der Waals surface area contributed by atoms with Gasteiger partial charge in [-0.05, 0) is 25.1 Å². The minimum absolute atomic E-state index is 0.355. The molecule has 1 aromatic rings. The molecule has 1 N–H and O–H groups in total. The maximum atomic E-state index is 6.26. The third-order valence-corrected chi connectivity index (χ3v) is 4.75. The quantitative estimate of drug-likeness (QED) is 0.895. The molecule has 1 aliphatic heterocycles. The summed E-state index contributed by atoms with van der Waals surface area (Å²) in [6.45, 7) is 3.60. The standard InChI is InChI=1S/C14H21ClN2S/c1-16-14(12-4-2-3-5-13(12)15)6-7-17-8-10-18-11-9-17/h2-5,14,16H,6-11H2,1H3. The summed E-state index contributed by atoms with van der Waals surface area (Å²) in [5.41, 5.74) is 1.22. The van der Waals surface area contributed by atoms with Gasteiger partial charge in [-0.25, -0.2) is 0 Å². The van der Waals surface area contributed by atoms with Gasteiger partial charge < -0.3 is 10.2 Å². The lowest BCUT2D eigenvalue weighted by molar-refractivity contribution is 0.283. The first-order chi connectivity index (χ1) is 8.81. The van der Waals surface area contributed by atoms with Gasteiger partial charge in [0.2, 0.25) is 0 Å². The van der Waals surface area contributed by atoms with Crippen molar-refractivity contribution in [1.29, 1.82) is 0 Å². The van der Waals surface area contributed by atoms with Gasteiger partial charge in [-0.1, -0.05) is 29.8 Å². The fourth-order valence-electron chi connectivity index (χ4n) is 2.35. The average molecular weight is 285 g/mol. The fraction of sp³-hybridized carbons (Fsp3) is 0.571. The van der Waals surface area contributed by atoms with Crippen molar-refractivity contribution in [3.63, 3.8) is 0 Å². The number of nitrogens with zero attached hydrogens (tertiary/aromatic N) is 1. The van der Waals surface area contributed by atoms with Crippen LogP contribution >= 0.6 is 23.4 Å². The summed E-state index contributed by atoms with van der Waals surface area (Å²) >= 11 is 8.32. The molecule has 2 nitrogen and oxygen atoms in total. The lowest BCUT2D eigenvalue weighted by Crippen LogP contribution is -2.35. The van der Waals surface area contributed by atoms with Crippen LogP contribution in [0.25, 0.3) is 0 Å². The molecule has 1 aliphatic rings. The van der Waals surface area contributed by atoms with Gasteiger partial charge in [0.1, 0.15) is 0 Å². The van der Waals surface area contributed by atoms with E-state index in [4.69, 9.17) is 11.6 Å². The molecule has 1 saturated heterocycles. The van der Waals surface area contributed by atoms with E-state index in [-0.39, 0.29) is 0 Å². The van der Waals surface area contributed by atoms with Gasteiger partial charge in [-0.2, -0.15) is 11.8 Å². The summed E-state index contributed by atoms with van der Waals surface area (Å²) in [6.07, 6.45) is 1.12. The first kappa shape index (κ1) is 14.2. The Morgan fingerprint density at radius 3 is 2.72 bits per heavy atom. The van der Waals surface area contributed by atoms with Gasteiger partial charge in [-0.15, -0.1) is 0 Å². The van der Waals surface area contributed by atoms with Crippen molar-refractivity contribution < 1.29 is 0 Å². The van der Waals surface area contributed by atoms with E-state index in [0.29, 0.717) is 6.04 Å². The van der Waals surface area contributed by atoms with E-state index in [0.717, 1.165) is 18.0 Å². The van der Waals surface area contributed by atoms with Crippen LogP contribution in [0.1, 0.15) is 18.0 Å². The van der Waals surface area contributed by atoms with Crippen molar-refractivity contribution >= 4 is 23.4 Å². The molecule has 1 atom stereocenters. The monoisotopic (exact) mass is 284 g/mol. The summed E-state index contributed by atoms with van der Waals surface area (Å²) in [5, 5.41) is 4.25. The molecule has 100 valence electrons. The van der Waals surface area contributed by atoms with E-state index in [2.05, 4.69) is 34.1 Å². The first-order valence-electron chi connectivity index (χ1n) is 6.53. The molecule has 1 heterocycles. The predicted octanol–water partition coefficient (Wildman–Crippen LogP) is 3.04. The van der Waals surface area contributed by atoms with Crippen molar-refractivity contribution in [1.82, 2.24) is 10.2 Å². The molecule has 0 aromatic heterocycles. The molecule has 2 rings (SSSR count). The maximum absolute atomic E-state index is 6.26. The molecule has 1 fully saturated rings. The number of halogens is 1. The Labute approximate surface area is 119 Å². The Morgan fingerprint density at radius 2 is 2.06 bits per heavy atom. The van der Waals surface area contributed by atoms with Crippen LogP contribution in [0.3, 0.4) is 0 Å². The second kappa shape index (κ2) is 7.39. The van der Waals surface area contributed by atoms with Gasteiger partial charge >= 0.3 is 0 Å². The molecule has 18 heavy (non-hydrogen) atoms. The highest BCUT2D eigenvalue weighted by molar-refractivity contribution is 7.99. The van der Waals surface area contributed by atoms with Gasteiger partial charge in [0, 0.05) is 42.2 Å². The zero-order valence-electron chi connectivity index (χ0n) is 10.9. The van der Waals surface area contributed by atoms with E-state index < -0.39 is 0 Å². The summed E-state index contributed by atoms with van der Waals surface area (Å²) in [6, 6.07) is 8.49. The Bertz CT molecular complexity index is 367. The first-order valence-corrected chi connectivity index (χ1v) is 8.06. The van der Waals surface area contributed by atoms with E-state index in [9.17, 15) is 0 Å². The molecule has 0 amide bonds. The van der Waals surface area contributed by atoms with Crippen molar-refractivity contribution in [2.45, 2.75) is 12.5 Å². The molecule has 0 radical (unpaired) electrons. The SMILES string of the molecule is CNC(CCN1CCSCC1)c1ccccc1Cl. The molecular weight excluding hydrogens is 264 g/mol. The van der Waals surface area contributed by atoms with Gasteiger partial charge in [0.15, 0.2) is 0 Å². The maximum Gasteiger partial charge on any atom is 0.0453 e. The van der Waals surface area contributed by atoms with Crippen LogP contribution in [0.15, 0.2) is 24.3 Å². The Morgan fingerprint density at radius 1 is 1.33 bits per heavy atom. The minimum Gasteiger partial charge on any atom is -0.313 e. The van der Waals surface area contributed by atoms with Crippen molar-refractivity contribution in [2.24, 2.45) is 0 Å². The van der Waals surface area contributed by atoms with E-state index in [1.54, 1.807) is 0 Å². The van der Waals surface area contributed by atoms with Crippen LogP contribution in [-0.4, -0.2) is 43.1 Å². The third kappa shape index (κ3) is 3.89. The molecule has 0 bridgehead atoms. The van der Waals surface area contributed by atoms with Crippen LogP contribution in [-0.2, 0) is 0 Å². The zero-order valence-corrected chi connectivity index (χ0v) is 12.4. The zero-order chi connectivity index (χ0) is 12.8. The average Bonchev–Trinajstić information content (AvgIpc) is 2.42. The summed E-state index contributed by atoms with van der Waals surface area (Å²) < 4.78 is 0. The fourth-order valence-corrected chi connectivity index (χ4v) is 3.60. The van der Waals surface area contributed by atoms with Gasteiger partial charge in [0.05, 0.1) is 0 Å². The Kier molecular flexibility index (Phi) is 5.83. The van der Waals surface area contributed by atoms with Crippen molar-refractivity contribution in [2.75, 3.05) is 38.2 Å². The van der Waals surface area contributed by atoms with E-state index in [1.165, 1.54) is 30.2 Å². The van der Waals surface area contributed by atoms with Crippen LogP contribution in [0.2, 0.25) is 5.02 Å². The van der Waals surface area contributed by atoms with Crippen LogP contribution < -0.4 is 5.32 Å². The largest absolute Gasteiger partial charge is 0.313 e. The van der Waals surface area contributed by atoms with Gasteiger partial charge in [-0.3, -0.25) is 0 Å². The smallest absolute Gasteiger partial charge is 0.0453 e. The van der Waals surface area contributed by atoms with Gasteiger partial charge in [0.25, 0.3) is 0 Å². The molecule has 0 spiro atoms. The Hall–Kier alpha value is -0.220. The molecule has 1 unspecified atom stereocenters. The highest BCUT2D eigenvalue weighted by Crippen LogP contribution is 2.25. The lowest BCUT2D eigenvalue weighted by Gasteiger charge is -2.28. The number of rotatable bonds is 5. The minimum atomic E-state index is 0.355. The van der Waals surface area contributed by atoms with Crippen LogP contribution in [0.4, 0.5) is 0 Å². The lowest BCUT2D eigenvalue weighted by atomic mass is 10.0. The van der Waals surface area contributed by atoms with Crippen molar-refractivity contribution in [3.05, 3.63) is 34.9 Å². The highest BCUT2D eigenvalue weighted by Gasteiger charge is 2.15. The number of benzene rings is 1. The molecule has 1 aromatic carbocycles.